The molecule has 0 fully saturated rings. The number of carboxylic acid groups (broad SMARTS) is 1. The highest BCUT2D eigenvalue weighted by molar-refractivity contribution is 6.02. The van der Waals surface area contributed by atoms with Crippen molar-refractivity contribution in [3.8, 4) is 0 Å². The summed E-state index contributed by atoms with van der Waals surface area (Å²) < 4.78 is 0. The van der Waals surface area contributed by atoms with E-state index in [1.807, 2.05) is 20.8 Å². The van der Waals surface area contributed by atoms with Crippen LogP contribution in [0.3, 0.4) is 0 Å². The average molecular weight is 290 g/mol. The van der Waals surface area contributed by atoms with Crippen LogP contribution >= 0.6 is 0 Å². The number of anilines is 1. The lowest BCUT2D eigenvalue weighted by Gasteiger charge is -2.20. The second-order valence-electron chi connectivity index (χ2n) is 5.44. The maximum absolute atomic E-state index is 11.9. The highest BCUT2D eigenvalue weighted by atomic mass is 16.4. The molecule has 1 rings (SSSR count). The smallest absolute Gasteiger partial charge is 0.328 e. The molecule has 0 saturated heterocycles. The average Bonchev–Trinajstić information content (AvgIpc) is 2.35. The van der Waals surface area contributed by atoms with E-state index >= 15 is 0 Å². The van der Waals surface area contributed by atoms with Gasteiger partial charge in [-0.05, 0) is 45.0 Å². The fraction of sp³-hybridized carbons (Fsp3) is 0.267. The van der Waals surface area contributed by atoms with Crippen LogP contribution in [-0.4, -0.2) is 28.4 Å². The normalized spacial score (nSPS) is 11.2. The van der Waals surface area contributed by atoms with Crippen LogP contribution in [-0.2, 0) is 9.59 Å². The fourth-order valence-corrected chi connectivity index (χ4v) is 1.45. The van der Waals surface area contributed by atoms with Crippen LogP contribution in [0.1, 0.15) is 31.1 Å². The molecule has 0 heterocycles. The van der Waals surface area contributed by atoms with E-state index in [9.17, 15) is 14.4 Å². The number of rotatable bonds is 4. The molecule has 1 aromatic rings. The molecule has 21 heavy (non-hydrogen) atoms. The number of carbonyl (C=O) groups is 3. The molecular formula is C15H18N2O4. The molecule has 0 bridgehead atoms. The van der Waals surface area contributed by atoms with Crippen LogP contribution in [0.2, 0.25) is 0 Å². The summed E-state index contributed by atoms with van der Waals surface area (Å²) in [5, 5.41) is 13.7. The first-order valence-electron chi connectivity index (χ1n) is 6.32. The number of hydrogen-bond donors (Lipinski definition) is 3. The maximum Gasteiger partial charge on any atom is 0.328 e. The Kier molecular flexibility index (Phi) is 5.24. The molecule has 6 heteroatoms. The van der Waals surface area contributed by atoms with E-state index in [1.165, 1.54) is 0 Å². The van der Waals surface area contributed by atoms with Crippen molar-refractivity contribution in [1.82, 2.24) is 5.32 Å². The van der Waals surface area contributed by atoms with Crippen molar-refractivity contribution < 1.29 is 19.5 Å². The first-order chi connectivity index (χ1) is 9.67. The van der Waals surface area contributed by atoms with Crippen LogP contribution in [0, 0.1) is 0 Å². The number of benzene rings is 1. The zero-order valence-corrected chi connectivity index (χ0v) is 12.1. The van der Waals surface area contributed by atoms with Crippen molar-refractivity contribution in [2.24, 2.45) is 0 Å². The summed E-state index contributed by atoms with van der Waals surface area (Å²) in [4.78, 5) is 33.6. The van der Waals surface area contributed by atoms with Crippen LogP contribution in [0.25, 0.3) is 0 Å². The molecule has 0 atom stereocenters. The van der Waals surface area contributed by atoms with Crippen molar-refractivity contribution in [2.45, 2.75) is 26.3 Å². The van der Waals surface area contributed by atoms with E-state index in [-0.39, 0.29) is 11.4 Å². The molecule has 0 saturated carbocycles. The van der Waals surface area contributed by atoms with Gasteiger partial charge in [-0.1, -0.05) is 0 Å². The summed E-state index contributed by atoms with van der Waals surface area (Å²) in [5.41, 5.74) is 0.623. The van der Waals surface area contributed by atoms with Gasteiger partial charge < -0.3 is 15.7 Å². The largest absolute Gasteiger partial charge is 0.478 e. The number of aliphatic carboxylic acids is 1. The van der Waals surface area contributed by atoms with E-state index in [0.717, 1.165) is 12.2 Å². The molecule has 6 nitrogen and oxygen atoms in total. The Hall–Kier alpha value is -2.63. The van der Waals surface area contributed by atoms with Crippen molar-refractivity contribution in [3.63, 3.8) is 0 Å². The number of carbonyl (C=O) groups excluding carboxylic acids is 2. The Labute approximate surface area is 122 Å². The molecule has 0 radical (unpaired) electrons. The SMILES string of the molecule is CC(C)(C)NC(=O)c1ccc(NC(=O)/C=C/C(=O)O)cc1. The summed E-state index contributed by atoms with van der Waals surface area (Å²) in [6.45, 7) is 5.65. The van der Waals surface area contributed by atoms with E-state index in [0.29, 0.717) is 11.3 Å². The third-order valence-corrected chi connectivity index (χ3v) is 2.28. The molecule has 3 N–H and O–H groups in total. The number of nitrogens with one attached hydrogen (secondary N) is 2. The van der Waals surface area contributed by atoms with Crippen LogP contribution in [0.15, 0.2) is 36.4 Å². The van der Waals surface area contributed by atoms with E-state index < -0.39 is 11.9 Å². The van der Waals surface area contributed by atoms with Gasteiger partial charge in [-0.25, -0.2) is 4.79 Å². The third-order valence-electron chi connectivity index (χ3n) is 2.28. The second-order valence-corrected chi connectivity index (χ2v) is 5.44. The highest BCUT2D eigenvalue weighted by Crippen LogP contribution is 2.11. The predicted octanol–water partition coefficient (Wildman–Crippen LogP) is 1.79. The van der Waals surface area contributed by atoms with Gasteiger partial charge >= 0.3 is 5.97 Å². The van der Waals surface area contributed by atoms with Crippen molar-refractivity contribution >= 4 is 23.5 Å². The minimum atomic E-state index is -1.20. The van der Waals surface area contributed by atoms with Gasteiger partial charge in [-0.15, -0.1) is 0 Å². The van der Waals surface area contributed by atoms with E-state index in [2.05, 4.69) is 10.6 Å². The molecule has 0 aliphatic heterocycles. The molecule has 0 spiro atoms. The van der Waals surface area contributed by atoms with Gasteiger partial charge in [0, 0.05) is 28.9 Å². The quantitative estimate of drug-likeness (QED) is 0.737. The van der Waals surface area contributed by atoms with E-state index in [4.69, 9.17) is 5.11 Å². The molecule has 0 aromatic heterocycles. The van der Waals surface area contributed by atoms with Crippen LogP contribution in [0.4, 0.5) is 5.69 Å². The Balaban J connectivity index is 2.68. The number of amides is 2. The van der Waals surface area contributed by atoms with Gasteiger partial charge in [-0.2, -0.15) is 0 Å². The molecule has 0 unspecified atom stereocenters. The lowest BCUT2D eigenvalue weighted by molar-refractivity contribution is -0.131. The summed E-state index contributed by atoms with van der Waals surface area (Å²) in [6, 6.07) is 6.31. The van der Waals surface area contributed by atoms with Crippen molar-refractivity contribution in [3.05, 3.63) is 42.0 Å². The highest BCUT2D eigenvalue weighted by Gasteiger charge is 2.15. The lowest BCUT2D eigenvalue weighted by Crippen LogP contribution is -2.40. The molecular weight excluding hydrogens is 272 g/mol. The zero-order valence-electron chi connectivity index (χ0n) is 12.1. The predicted molar refractivity (Wildman–Crippen MR) is 79.1 cm³/mol. The van der Waals surface area contributed by atoms with Crippen LogP contribution in [0.5, 0.6) is 0 Å². The monoisotopic (exact) mass is 290 g/mol. The van der Waals surface area contributed by atoms with Crippen molar-refractivity contribution in [2.75, 3.05) is 5.32 Å². The Morgan fingerprint density at radius 2 is 1.62 bits per heavy atom. The minimum absolute atomic E-state index is 0.203. The van der Waals surface area contributed by atoms with Gasteiger partial charge in [0.15, 0.2) is 0 Å². The number of carboxylic acids is 1. The Morgan fingerprint density at radius 1 is 1.05 bits per heavy atom. The molecule has 2 amide bonds. The summed E-state index contributed by atoms with van der Waals surface area (Å²) in [7, 11) is 0. The minimum Gasteiger partial charge on any atom is -0.478 e. The summed E-state index contributed by atoms with van der Waals surface area (Å²) in [6.07, 6.45) is 1.67. The second kappa shape index (κ2) is 6.69. The summed E-state index contributed by atoms with van der Waals surface area (Å²) >= 11 is 0. The van der Waals surface area contributed by atoms with Gasteiger partial charge in [0.2, 0.25) is 5.91 Å². The third kappa shape index (κ3) is 6.38. The fourth-order valence-electron chi connectivity index (χ4n) is 1.45. The zero-order chi connectivity index (χ0) is 16.0. The maximum atomic E-state index is 11.9. The summed E-state index contributed by atoms with van der Waals surface area (Å²) in [5.74, 6) is -1.95. The van der Waals surface area contributed by atoms with Crippen LogP contribution < -0.4 is 10.6 Å². The molecule has 1 aromatic carbocycles. The molecule has 112 valence electrons. The lowest BCUT2D eigenvalue weighted by atomic mass is 10.1. The standard InChI is InChI=1S/C15H18N2O4/c1-15(2,3)17-14(21)10-4-6-11(7-5-10)16-12(18)8-9-13(19)20/h4-9H,1-3H3,(H,16,18)(H,17,21)(H,19,20)/b9-8+. The first kappa shape index (κ1) is 16.4. The Bertz CT molecular complexity index is 568. The van der Waals surface area contributed by atoms with Crippen molar-refractivity contribution in [1.29, 1.82) is 0 Å². The first-order valence-corrected chi connectivity index (χ1v) is 6.32. The Morgan fingerprint density at radius 3 is 2.10 bits per heavy atom. The van der Waals surface area contributed by atoms with Gasteiger partial charge in [0.25, 0.3) is 5.91 Å². The topological polar surface area (TPSA) is 95.5 Å². The molecule has 0 aliphatic carbocycles. The van der Waals surface area contributed by atoms with E-state index in [1.54, 1.807) is 24.3 Å². The van der Waals surface area contributed by atoms with Gasteiger partial charge in [0.1, 0.15) is 0 Å². The van der Waals surface area contributed by atoms with Gasteiger partial charge in [0.05, 0.1) is 0 Å². The van der Waals surface area contributed by atoms with Gasteiger partial charge in [-0.3, -0.25) is 9.59 Å². The molecule has 0 aliphatic rings. The number of hydrogen-bond acceptors (Lipinski definition) is 3.